The van der Waals surface area contributed by atoms with E-state index in [9.17, 15) is 29.7 Å². The standard InChI is InChI=1S/C30H42O7/c1-15(10-17(31)11-16(2)26(36)37)18-12-23(35)30(7)25-19(32)13-21-27(3,4)22(34)8-9-28(21,5)24(25)20(33)14-29(18,30)6/h11,17-19,21,23,31-32,35H,1,8-10,12-14H2,2-7H3,(H,36,37)/b16-11-/t17-,18+,19-,21-,23-,28-,29+,30-/m0/s1. The summed E-state index contributed by atoms with van der Waals surface area (Å²) in [5.41, 5.74) is -0.915. The number of hydrogen-bond donors (Lipinski definition) is 4. The molecular weight excluding hydrogens is 472 g/mol. The summed E-state index contributed by atoms with van der Waals surface area (Å²) in [6.07, 6.45) is 0.384. The van der Waals surface area contributed by atoms with Gasteiger partial charge in [0, 0.05) is 40.2 Å². The molecule has 2 saturated carbocycles. The van der Waals surface area contributed by atoms with Crippen LogP contribution < -0.4 is 0 Å². The number of carbonyl (C=O) groups excluding carboxylic acids is 2. The summed E-state index contributed by atoms with van der Waals surface area (Å²) in [4.78, 5) is 38.0. The van der Waals surface area contributed by atoms with Crippen LogP contribution in [0.4, 0.5) is 0 Å². The van der Waals surface area contributed by atoms with Gasteiger partial charge >= 0.3 is 5.97 Å². The maximum absolute atomic E-state index is 14.0. The smallest absolute Gasteiger partial charge is 0.331 e. The number of aliphatic hydroxyl groups is 3. The van der Waals surface area contributed by atoms with Gasteiger partial charge in [-0.15, -0.1) is 0 Å². The number of carboxylic acids is 1. The molecule has 0 radical (unpaired) electrons. The fourth-order valence-corrected chi connectivity index (χ4v) is 8.73. The molecule has 2 fully saturated rings. The van der Waals surface area contributed by atoms with Crippen molar-refractivity contribution in [1.82, 2.24) is 0 Å². The highest BCUT2D eigenvalue weighted by atomic mass is 16.4. The summed E-state index contributed by atoms with van der Waals surface area (Å²) in [6.45, 7) is 15.4. The van der Waals surface area contributed by atoms with E-state index in [1.54, 1.807) is 0 Å². The van der Waals surface area contributed by atoms with Crippen LogP contribution in [0.15, 0.2) is 34.9 Å². The topological polar surface area (TPSA) is 132 Å². The molecule has 4 aliphatic carbocycles. The molecule has 204 valence electrons. The zero-order valence-electron chi connectivity index (χ0n) is 22.9. The molecule has 4 rings (SSSR count). The summed E-state index contributed by atoms with van der Waals surface area (Å²) in [6, 6.07) is 0. The van der Waals surface area contributed by atoms with Crippen LogP contribution >= 0.6 is 0 Å². The molecule has 7 nitrogen and oxygen atoms in total. The van der Waals surface area contributed by atoms with Gasteiger partial charge in [0.25, 0.3) is 0 Å². The van der Waals surface area contributed by atoms with E-state index in [-0.39, 0.29) is 41.8 Å². The van der Waals surface area contributed by atoms with Crippen molar-refractivity contribution in [3.8, 4) is 0 Å². The number of allylic oxidation sites excluding steroid dienone is 1. The minimum Gasteiger partial charge on any atom is -0.478 e. The van der Waals surface area contributed by atoms with E-state index in [2.05, 4.69) is 13.5 Å². The minimum atomic E-state index is -1.11. The van der Waals surface area contributed by atoms with E-state index in [0.717, 1.165) is 0 Å². The molecule has 4 aliphatic rings. The van der Waals surface area contributed by atoms with Crippen LogP contribution in [0.2, 0.25) is 0 Å². The van der Waals surface area contributed by atoms with Gasteiger partial charge in [-0.25, -0.2) is 4.79 Å². The Kier molecular flexibility index (Phi) is 6.58. The molecule has 37 heavy (non-hydrogen) atoms. The van der Waals surface area contributed by atoms with Crippen molar-refractivity contribution in [2.45, 2.75) is 98.4 Å². The van der Waals surface area contributed by atoms with Gasteiger partial charge < -0.3 is 20.4 Å². The first-order valence-corrected chi connectivity index (χ1v) is 13.4. The van der Waals surface area contributed by atoms with Crippen LogP contribution in [-0.2, 0) is 14.4 Å². The van der Waals surface area contributed by atoms with Gasteiger partial charge in [-0.1, -0.05) is 46.8 Å². The summed E-state index contributed by atoms with van der Waals surface area (Å²) in [5.74, 6) is -1.46. The van der Waals surface area contributed by atoms with Crippen LogP contribution in [-0.4, -0.2) is 56.3 Å². The maximum Gasteiger partial charge on any atom is 0.331 e. The van der Waals surface area contributed by atoms with Crippen LogP contribution in [0.25, 0.3) is 0 Å². The normalized spacial score (nSPS) is 42.1. The van der Waals surface area contributed by atoms with Crippen LogP contribution in [0.3, 0.4) is 0 Å². The minimum absolute atomic E-state index is 0.0347. The molecule has 0 aliphatic heterocycles. The highest BCUT2D eigenvalue weighted by Crippen LogP contribution is 2.71. The SMILES string of the molecule is C=C(C[C@H](O)/C=C(/C)C(=O)O)[C@H]1C[C@H](O)[C@@]2(C)C3=C(C(=O)C[C@]12C)[C@@]1(C)CCC(=O)C(C)(C)[C@@H]1C[C@@H]3O. The lowest BCUT2D eigenvalue weighted by Crippen LogP contribution is -2.60. The van der Waals surface area contributed by atoms with E-state index < -0.39 is 45.9 Å². The number of ketones is 2. The van der Waals surface area contributed by atoms with Gasteiger partial charge in [0.05, 0.1) is 18.3 Å². The molecule has 0 amide bonds. The van der Waals surface area contributed by atoms with E-state index >= 15 is 0 Å². The second-order valence-electron chi connectivity index (χ2n) is 13.3. The van der Waals surface area contributed by atoms with Gasteiger partial charge in [0.1, 0.15) is 5.78 Å². The van der Waals surface area contributed by atoms with E-state index in [1.165, 1.54) is 13.0 Å². The molecule has 0 aromatic rings. The first-order valence-electron chi connectivity index (χ1n) is 13.4. The molecule has 8 atom stereocenters. The van der Waals surface area contributed by atoms with Crippen LogP contribution in [0.1, 0.15) is 80.1 Å². The molecule has 4 N–H and O–H groups in total. The number of rotatable bonds is 5. The fourth-order valence-electron chi connectivity index (χ4n) is 8.73. The number of hydrogen-bond acceptors (Lipinski definition) is 6. The number of carboxylic acid groups (broad SMARTS) is 1. The average Bonchev–Trinajstić information content (AvgIpc) is 2.99. The molecule has 0 bridgehead atoms. The van der Waals surface area contributed by atoms with Crippen LogP contribution in [0.5, 0.6) is 0 Å². The Morgan fingerprint density at radius 2 is 1.76 bits per heavy atom. The van der Waals surface area contributed by atoms with Gasteiger partial charge in [-0.3, -0.25) is 9.59 Å². The molecule has 0 saturated heterocycles. The lowest BCUT2D eigenvalue weighted by molar-refractivity contribution is -0.145. The zero-order valence-corrected chi connectivity index (χ0v) is 22.9. The van der Waals surface area contributed by atoms with Gasteiger partial charge in [-0.2, -0.15) is 0 Å². The third-order valence-corrected chi connectivity index (χ3v) is 11.1. The van der Waals surface area contributed by atoms with E-state index in [0.29, 0.717) is 42.4 Å². The Balaban J connectivity index is 1.77. The molecule has 7 heteroatoms. The number of carbonyl (C=O) groups is 3. The Morgan fingerprint density at radius 1 is 1.14 bits per heavy atom. The number of fused-ring (bicyclic) bond motifs is 4. The molecule has 0 aromatic heterocycles. The molecule has 0 unspecified atom stereocenters. The van der Waals surface area contributed by atoms with Crippen molar-refractivity contribution in [2.24, 2.45) is 33.5 Å². The van der Waals surface area contributed by atoms with Gasteiger partial charge in [0.15, 0.2) is 5.78 Å². The maximum atomic E-state index is 14.0. The van der Waals surface area contributed by atoms with Crippen molar-refractivity contribution >= 4 is 17.5 Å². The largest absolute Gasteiger partial charge is 0.478 e. The van der Waals surface area contributed by atoms with Crippen molar-refractivity contribution in [2.75, 3.05) is 0 Å². The summed E-state index contributed by atoms with van der Waals surface area (Å²) in [7, 11) is 0. The third-order valence-electron chi connectivity index (χ3n) is 11.1. The van der Waals surface area contributed by atoms with Crippen LogP contribution in [0, 0.1) is 33.5 Å². The van der Waals surface area contributed by atoms with Gasteiger partial charge in [0.2, 0.25) is 0 Å². The molecule has 0 aromatic carbocycles. The van der Waals surface area contributed by atoms with Gasteiger partial charge in [-0.05, 0) is 61.5 Å². The number of aliphatic carboxylic acids is 1. The fraction of sp³-hybridized carbons (Fsp3) is 0.700. The Labute approximate surface area is 219 Å². The summed E-state index contributed by atoms with van der Waals surface area (Å²) in [5, 5.41) is 42.8. The summed E-state index contributed by atoms with van der Waals surface area (Å²) >= 11 is 0. The van der Waals surface area contributed by atoms with Crippen molar-refractivity contribution < 1.29 is 34.8 Å². The Hall–Kier alpha value is -2.09. The summed E-state index contributed by atoms with van der Waals surface area (Å²) < 4.78 is 0. The number of aliphatic hydroxyl groups excluding tert-OH is 3. The zero-order chi connectivity index (χ0) is 27.9. The highest BCUT2D eigenvalue weighted by Gasteiger charge is 2.69. The predicted molar refractivity (Wildman–Crippen MR) is 138 cm³/mol. The quantitative estimate of drug-likeness (QED) is 0.324. The van der Waals surface area contributed by atoms with Crippen molar-refractivity contribution in [1.29, 1.82) is 0 Å². The Bertz CT molecular complexity index is 1130. The first-order chi connectivity index (χ1) is 16.9. The first kappa shape index (κ1) is 27.9. The van der Waals surface area contributed by atoms with E-state index in [1.807, 2.05) is 27.7 Å². The Morgan fingerprint density at radius 3 is 2.35 bits per heavy atom. The van der Waals surface area contributed by atoms with Crippen molar-refractivity contribution in [3.63, 3.8) is 0 Å². The van der Waals surface area contributed by atoms with Crippen molar-refractivity contribution in [3.05, 3.63) is 34.9 Å². The second-order valence-corrected chi connectivity index (χ2v) is 13.3. The predicted octanol–water partition coefficient (Wildman–Crippen LogP) is 3.76. The number of Topliss-reactive ketones (excluding diaryl/α,β-unsaturated/α-hetero) is 2. The molecule has 0 spiro atoms. The monoisotopic (exact) mass is 514 g/mol. The van der Waals surface area contributed by atoms with E-state index in [4.69, 9.17) is 5.11 Å². The average molecular weight is 515 g/mol. The molecular formula is C30H42O7. The lowest BCUT2D eigenvalue weighted by Gasteiger charge is -2.61. The third kappa shape index (κ3) is 3.75. The second kappa shape index (κ2) is 8.72. The highest BCUT2D eigenvalue weighted by molar-refractivity contribution is 6.01. The molecule has 0 heterocycles. The lowest BCUT2D eigenvalue weighted by atomic mass is 9.42.